The average Bonchev–Trinajstić information content (AvgIpc) is 2.90. The summed E-state index contributed by atoms with van der Waals surface area (Å²) in [5, 5.41) is 2.59. The zero-order valence-corrected chi connectivity index (χ0v) is 20.7. The molecule has 1 heterocycles. The summed E-state index contributed by atoms with van der Waals surface area (Å²) in [5.41, 5.74) is 1.53. The fourth-order valence-corrected chi connectivity index (χ4v) is 4.49. The van der Waals surface area contributed by atoms with Crippen molar-refractivity contribution in [1.82, 2.24) is 15.0 Å². The Morgan fingerprint density at radius 2 is 1.67 bits per heavy atom. The summed E-state index contributed by atoms with van der Waals surface area (Å²) in [6, 6.07) is 16.8. The fraction of sp³-hybridized carbons (Fsp3) is 0.269. The number of rotatable bonds is 13. The molecule has 0 fully saturated rings. The number of sulfonamides is 1. The van der Waals surface area contributed by atoms with E-state index in [1.54, 1.807) is 61.8 Å². The highest BCUT2D eigenvalue weighted by molar-refractivity contribution is 7.89. The second kappa shape index (κ2) is 13.4. The fourth-order valence-electron chi connectivity index (χ4n) is 3.29. The standard InChI is InChI=1S/C26H29N3O6S/c1-2-34-26(31)24(29-36(32,33)23-8-4-3-5-9-23)19-28-25(30)21-10-12-22(13-11-21)35-18-6-7-20-14-16-27-17-15-20/h3-5,8-17,24,29H,2,6-7,18-19H2,1H3,(H,28,30)/t24-/m0/s1. The number of nitrogens with zero attached hydrogens (tertiary/aromatic N) is 1. The predicted molar refractivity (Wildman–Crippen MR) is 134 cm³/mol. The molecule has 0 saturated carbocycles. The molecular weight excluding hydrogens is 482 g/mol. The minimum atomic E-state index is -3.99. The van der Waals surface area contributed by atoms with Gasteiger partial charge in [0.1, 0.15) is 11.8 Å². The highest BCUT2D eigenvalue weighted by Gasteiger charge is 2.27. The monoisotopic (exact) mass is 511 g/mol. The van der Waals surface area contributed by atoms with Gasteiger partial charge in [-0.2, -0.15) is 4.72 Å². The molecule has 3 aromatic rings. The van der Waals surface area contributed by atoms with Crippen LogP contribution in [0.15, 0.2) is 84.0 Å². The SMILES string of the molecule is CCOC(=O)[C@H](CNC(=O)c1ccc(OCCCc2ccncc2)cc1)NS(=O)(=O)c1ccccc1. The van der Waals surface area contributed by atoms with Crippen LogP contribution in [0.2, 0.25) is 0 Å². The maximum Gasteiger partial charge on any atom is 0.326 e. The minimum absolute atomic E-state index is 0.00184. The normalized spacial score (nSPS) is 11.9. The number of amides is 1. The molecule has 0 aliphatic rings. The number of aryl methyl sites for hydroxylation is 1. The third-order valence-electron chi connectivity index (χ3n) is 5.13. The lowest BCUT2D eigenvalue weighted by Gasteiger charge is -2.18. The van der Waals surface area contributed by atoms with Crippen molar-refractivity contribution in [1.29, 1.82) is 0 Å². The lowest BCUT2D eigenvalue weighted by atomic mass is 10.1. The van der Waals surface area contributed by atoms with Gasteiger partial charge < -0.3 is 14.8 Å². The van der Waals surface area contributed by atoms with E-state index in [1.807, 2.05) is 12.1 Å². The molecule has 10 heteroatoms. The van der Waals surface area contributed by atoms with Crippen molar-refractivity contribution in [3.8, 4) is 5.75 Å². The Bertz CT molecular complexity index is 1220. The van der Waals surface area contributed by atoms with Gasteiger partial charge >= 0.3 is 5.97 Å². The molecule has 0 aliphatic heterocycles. The number of aromatic nitrogens is 1. The molecule has 1 atom stereocenters. The number of carbonyl (C=O) groups is 2. The molecule has 36 heavy (non-hydrogen) atoms. The summed E-state index contributed by atoms with van der Waals surface area (Å²) in [5.74, 6) is -0.624. The van der Waals surface area contributed by atoms with Crippen LogP contribution in [0.4, 0.5) is 0 Å². The Kier molecular flexibility index (Phi) is 9.96. The second-order valence-corrected chi connectivity index (χ2v) is 9.49. The number of esters is 1. The molecule has 0 bridgehead atoms. The van der Waals surface area contributed by atoms with E-state index in [-0.39, 0.29) is 18.0 Å². The van der Waals surface area contributed by atoms with Gasteiger partial charge in [0, 0.05) is 24.5 Å². The quantitative estimate of drug-likeness (QED) is 0.267. The van der Waals surface area contributed by atoms with Crippen LogP contribution in [-0.2, 0) is 26.0 Å². The Morgan fingerprint density at radius 3 is 2.33 bits per heavy atom. The number of benzene rings is 2. The lowest BCUT2D eigenvalue weighted by Crippen LogP contribution is -2.49. The topological polar surface area (TPSA) is 124 Å². The van der Waals surface area contributed by atoms with Gasteiger partial charge in [-0.05, 0) is 73.9 Å². The van der Waals surface area contributed by atoms with Crippen molar-refractivity contribution in [3.63, 3.8) is 0 Å². The van der Waals surface area contributed by atoms with Crippen molar-refractivity contribution in [3.05, 3.63) is 90.3 Å². The van der Waals surface area contributed by atoms with Gasteiger partial charge in [0.15, 0.2) is 0 Å². The van der Waals surface area contributed by atoms with E-state index in [1.165, 1.54) is 17.7 Å². The maximum atomic E-state index is 12.6. The molecule has 2 N–H and O–H groups in total. The van der Waals surface area contributed by atoms with Gasteiger partial charge in [-0.3, -0.25) is 14.6 Å². The van der Waals surface area contributed by atoms with Crippen LogP contribution in [-0.4, -0.2) is 51.1 Å². The van der Waals surface area contributed by atoms with Crippen molar-refractivity contribution < 1.29 is 27.5 Å². The number of nitrogens with one attached hydrogen (secondary N) is 2. The van der Waals surface area contributed by atoms with Gasteiger partial charge in [-0.1, -0.05) is 18.2 Å². The molecule has 9 nitrogen and oxygen atoms in total. The smallest absolute Gasteiger partial charge is 0.326 e. The molecule has 1 amide bonds. The first kappa shape index (κ1) is 26.8. The largest absolute Gasteiger partial charge is 0.494 e. The molecule has 0 spiro atoms. The number of hydrogen-bond acceptors (Lipinski definition) is 7. The van der Waals surface area contributed by atoms with Crippen LogP contribution in [0.3, 0.4) is 0 Å². The van der Waals surface area contributed by atoms with Gasteiger partial charge in [-0.25, -0.2) is 8.42 Å². The third kappa shape index (κ3) is 8.17. The summed E-state index contributed by atoms with van der Waals surface area (Å²) in [4.78, 5) is 28.9. The lowest BCUT2D eigenvalue weighted by molar-refractivity contribution is -0.144. The molecule has 2 aromatic carbocycles. The third-order valence-corrected chi connectivity index (χ3v) is 6.62. The van der Waals surface area contributed by atoms with Gasteiger partial charge in [0.05, 0.1) is 18.1 Å². The minimum Gasteiger partial charge on any atom is -0.494 e. The van der Waals surface area contributed by atoms with Crippen LogP contribution < -0.4 is 14.8 Å². The number of ether oxygens (including phenoxy) is 2. The highest BCUT2D eigenvalue weighted by atomic mass is 32.2. The Labute approximate surface area is 210 Å². The summed E-state index contributed by atoms with van der Waals surface area (Å²) >= 11 is 0. The average molecular weight is 512 g/mol. The van der Waals surface area contributed by atoms with Crippen molar-refractivity contribution in [2.45, 2.75) is 30.7 Å². The first-order valence-corrected chi connectivity index (χ1v) is 13.0. The molecule has 0 radical (unpaired) electrons. The van der Waals surface area contributed by atoms with E-state index in [0.717, 1.165) is 12.8 Å². The molecule has 0 saturated heterocycles. The molecular formula is C26H29N3O6S. The summed E-state index contributed by atoms with van der Waals surface area (Å²) < 4.78 is 38.3. The zero-order chi connectivity index (χ0) is 25.8. The van der Waals surface area contributed by atoms with Crippen LogP contribution in [0.25, 0.3) is 0 Å². The number of carbonyl (C=O) groups excluding carboxylic acids is 2. The molecule has 0 unspecified atom stereocenters. The predicted octanol–water partition coefficient (Wildman–Crippen LogP) is 2.73. The number of pyridine rings is 1. The van der Waals surface area contributed by atoms with Crippen LogP contribution in [0.5, 0.6) is 5.75 Å². The maximum absolute atomic E-state index is 12.6. The van der Waals surface area contributed by atoms with E-state index < -0.39 is 27.9 Å². The van der Waals surface area contributed by atoms with Crippen LogP contribution >= 0.6 is 0 Å². The van der Waals surface area contributed by atoms with E-state index >= 15 is 0 Å². The Hall–Kier alpha value is -3.76. The summed E-state index contributed by atoms with van der Waals surface area (Å²) in [7, 11) is -3.99. The van der Waals surface area contributed by atoms with Gasteiger partial charge in [0.25, 0.3) is 5.91 Å². The molecule has 0 aliphatic carbocycles. The van der Waals surface area contributed by atoms with Crippen LogP contribution in [0.1, 0.15) is 29.3 Å². The van der Waals surface area contributed by atoms with Gasteiger partial charge in [0.2, 0.25) is 10.0 Å². The number of hydrogen-bond donors (Lipinski definition) is 2. The van der Waals surface area contributed by atoms with E-state index in [4.69, 9.17) is 9.47 Å². The first-order chi connectivity index (χ1) is 17.4. The van der Waals surface area contributed by atoms with Crippen LogP contribution in [0, 0.1) is 0 Å². The van der Waals surface area contributed by atoms with Gasteiger partial charge in [-0.15, -0.1) is 0 Å². The molecule has 3 rings (SSSR count). The van der Waals surface area contributed by atoms with E-state index in [2.05, 4.69) is 15.0 Å². The molecule has 190 valence electrons. The van der Waals surface area contributed by atoms with Crippen molar-refractivity contribution in [2.24, 2.45) is 0 Å². The van der Waals surface area contributed by atoms with Crippen molar-refractivity contribution >= 4 is 21.9 Å². The second-order valence-electron chi connectivity index (χ2n) is 7.78. The Morgan fingerprint density at radius 1 is 0.972 bits per heavy atom. The van der Waals surface area contributed by atoms with E-state index in [9.17, 15) is 18.0 Å². The summed E-state index contributed by atoms with van der Waals surface area (Å²) in [6.07, 6.45) is 5.22. The van der Waals surface area contributed by atoms with E-state index in [0.29, 0.717) is 17.9 Å². The Balaban J connectivity index is 1.53. The molecule has 1 aromatic heterocycles. The highest BCUT2D eigenvalue weighted by Crippen LogP contribution is 2.13. The van der Waals surface area contributed by atoms with Crippen molar-refractivity contribution in [2.75, 3.05) is 19.8 Å². The zero-order valence-electron chi connectivity index (χ0n) is 19.9. The first-order valence-electron chi connectivity index (χ1n) is 11.5. The summed E-state index contributed by atoms with van der Waals surface area (Å²) in [6.45, 7) is 1.93.